The van der Waals surface area contributed by atoms with Gasteiger partial charge in [0.15, 0.2) is 0 Å². The van der Waals surface area contributed by atoms with Crippen molar-refractivity contribution in [2.75, 3.05) is 19.6 Å². The molecular formula is C14H21N2. The van der Waals surface area contributed by atoms with Crippen LogP contribution in [-0.2, 0) is 13.0 Å². The van der Waals surface area contributed by atoms with E-state index >= 15 is 0 Å². The molecule has 0 atom stereocenters. The van der Waals surface area contributed by atoms with E-state index in [2.05, 4.69) is 41.5 Å². The normalized spacial score (nSPS) is 16.8. The maximum atomic E-state index is 3.63. The number of benzene rings is 1. The predicted molar refractivity (Wildman–Crippen MR) is 65.8 cm³/mol. The van der Waals surface area contributed by atoms with Crippen LogP contribution in [-0.4, -0.2) is 24.5 Å². The van der Waals surface area contributed by atoms with Gasteiger partial charge in [-0.05, 0) is 37.1 Å². The van der Waals surface area contributed by atoms with Crippen molar-refractivity contribution in [1.82, 2.24) is 4.90 Å². The fourth-order valence-electron chi connectivity index (χ4n) is 2.24. The highest BCUT2D eigenvalue weighted by Crippen LogP contribution is 2.13. The first kappa shape index (κ1) is 11.6. The van der Waals surface area contributed by atoms with Crippen molar-refractivity contribution in [2.45, 2.75) is 25.8 Å². The van der Waals surface area contributed by atoms with Crippen LogP contribution in [0, 0.1) is 7.05 Å². The van der Waals surface area contributed by atoms with Crippen LogP contribution in [0.5, 0.6) is 0 Å². The van der Waals surface area contributed by atoms with E-state index in [9.17, 15) is 0 Å². The molecule has 2 rings (SSSR count). The molecule has 0 spiro atoms. The van der Waals surface area contributed by atoms with Gasteiger partial charge in [0, 0.05) is 13.0 Å². The molecule has 0 amide bonds. The Morgan fingerprint density at radius 2 is 1.69 bits per heavy atom. The molecule has 1 saturated heterocycles. The Balaban J connectivity index is 1.86. The lowest BCUT2D eigenvalue weighted by Gasteiger charge is -2.14. The average Bonchev–Trinajstić information content (AvgIpc) is 2.81. The lowest BCUT2D eigenvalue weighted by atomic mass is 10.1. The fraction of sp³-hybridized carbons (Fsp3) is 0.500. The van der Waals surface area contributed by atoms with Gasteiger partial charge in [-0.25, -0.2) is 0 Å². The maximum Gasteiger partial charge on any atom is 0.0966 e. The first-order chi connectivity index (χ1) is 7.88. The lowest BCUT2D eigenvalue weighted by molar-refractivity contribution is -0.594. The van der Waals surface area contributed by atoms with Gasteiger partial charge >= 0.3 is 0 Å². The van der Waals surface area contributed by atoms with Gasteiger partial charge in [-0.3, -0.25) is 4.90 Å². The van der Waals surface area contributed by atoms with Crippen LogP contribution < -0.4 is 5.32 Å². The zero-order valence-electron chi connectivity index (χ0n) is 9.91. The van der Waals surface area contributed by atoms with Crippen LogP contribution in [0.4, 0.5) is 0 Å². The van der Waals surface area contributed by atoms with E-state index < -0.39 is 0 Å². The third-order valence-corrected chi connectivity index (χ3v) is 3.22. The van der Waals surface area contributed by atoms with Crippen LogP contribution in [0.3, 0.4) is 0 Å². The molecule has 1 heterocycles. The molecular weight excluding hydrogens is 196 g/mol. The minimum absolute atomic E-state index is 0.950. The summed E-state index contributed by atoms with van der Waals surface area (Å²) in [7, 11) is 3.63. The summed E-state index contributed by atoms with van der Waals surface area (Å²) in [6.07, 6.45) is 3.80. The summed E-state index contributed by atoms with van der Waals surface area (Å²) in [5, 5.41) is 2.93. The topological polar surface area (TPSA) is 18.8 Å². The summed E-state index contributed by atoms with van der Waals surface area (Å²) in [6, 6.07) is 9.00. The maximum absolute atomic E-state index is 3.63. The SMILES string of the molecule is [CH2-][NH+]CCc1ccc(CN2CCCC2)cc1. The molecule has 2 nitrogen and oxygen atoms in total. The highest BCUT2D eigenvalue weighted by Gasteiger charge is 2.11. The lowest BCUT2D eigenvalue weighted by Crippen LogP contribution is -2.77. The second-order valence-corrected chi connectivity index (χ2v) is 4.55. The smallest absolute Gasteiger partial charge is 0.0966 e. The number of hydrogen-bond donors (Lipinski definition) is 1. The molecule has 1 aromatic rings. The summed E-state index contributed by atoms with van der Waals surface area (Å²) in [5.41, 5.74) is 2.83. The highest BCUT2D eigenvalue weighted by atomic mass is 15.1. The number of rotatable bonds is 5. The third-order valence-electron chi connectivity index (χ3n) is 3.22. The van der Waals surface area contributed by atoms with Crippen molar-refractivity contribution < 1.29 is 5.32 Å². The Morgan fingerprint density at radius 3 is 2.31 bits per heavy atom. The summed E-state index contributed by atoms with van der Waals surface area (Å²) >= 11 is 0. The first-order valence-corrected chi connectivity index (χ1v) is 6.18. The van der Waals surface area contributed by atoms with E-state index in [1.807, 2.05) is 0 Å². The molecule has 0 aliphatic carbocycles. The van der Waals surface area contributed by atoms with Crippen LogP contribution in [0.25, 0.3) is 0 Å². The van der Waals surface area contributed by atoms with E-state index in [4.69, 9.17) is 0 Å². The van der Waals surface area contributed by atoms with E-state index in [-0.39, 0.29) is 0 Å². The minimum Gasteiger partial charge on any atom is -0.334 e. The Morgan fingerprint density at radius 1 is 1.06 bits per heavy atom. The molecule has 2 heteroatoms. The number of nitrogens with zero attached hydrogens (tertiary/aromatic N) is 1. The Kier molecular flexibility index (Phi) is 4.37. The zero-order valence-corrected chi connectivity index (χ0v) is 9.91. The molecule has 0 unspecified atom stereocenters. The number of hydrogen-bond acceptors (Lipinski definition) is 2. The van der Waals surface area contributed by atoms with Gasteiger partial charge in [-0.1, -0.05) is 24.3 Å². The first-order valence-electron chi connectivity index (χ1n) is 6.18. The third kappa shape index (κ3) is 3.32. The van der Waals surface area contributed by atoms with Gasteiger partial charge in [-0.2, -0.15) is 0 Å². The van der Waals surface area contributed by atoms with Crippen molar-refractivity contribution in [3.63, 3.8) is 0 Å². The van der Waals surface area contributed by atoms with Crippen LogP contribution >= 0.6 is 0 Å². The molecule has 0 aromatic heterocycles. The van der Waals surface area contributed by atoms with Gasteiger partial charge in [0.05, 0.1) is 6.54 Å². The average molecular weight is 217 g/mol. The summed E-state index contributed by atoms with van der Waals surface area (Å²) in [4.78, 5) is 2.53. The molecule has 16 heavy (non-hydrogen) atoms. The van der Waals surface area contributed by atoms with E-state index in [0.29, 0.717) is 0 Å². The molecule has 1 radical (unpaired) electrons. The van der Waals surface area contributed by atoms with Gasteiger partial charge in [0.25, 0.3) is 0 Å². The van der Waals surface area contributed by atoms with E-state index in [0.717, 1.165) is 19.5 Å². The van der Waals surface area contributed by atoms with Crippen molar-refractivity contribution in [3.05, 3.63) is 42.4 Å². The van der Waals surface area contributed by atoms with Crippen molar-refractivity contribution in [1.29, 1.82) is 0 Å². The van der Waals surface area contributed by atoms with E-state index in [1.54, 1.807) is 0 Å². The highest BCUT2D eigenvalue weighted by molar-refractivity contribution is 5.22. The molecule has 1 N–H and O–H groups in total. The van der Waals surface area contributed by atoms with Gasteiger partial charge in [-0.15, -0.1) is 7.05 Å². The molecule has 1 aromatic carbocycles. The van der Waals surface area contributed by atoms with Crippen molar-refractivity contribution >= 4 is 0 Å². The molecule has 1 fully saturated rings. The second-order valence-electron chi connectivity index (χ2n) is 4.55. The molecule has 1 aliphatic heterocycles. The Labute approximate surface area is 98.7 Å². The second kappa shape index (κ2) is 6.02. The van der Waals surface area contributed by atoms with Gasteiger partial charge < -0.3 is 5.32 Å². The monoisotopic (exact) mass is 217 g/mol. The predicted octanol–water partition coefficient (Wildman–Crippen LogP) is 0.966. The minimum atomic E-state index is 0.950. The van der Waals surface area contributed by atoms with E-state index in [1.165, 1.54) is 37.1 Å². The van der Waals surface area contributed by atoms with Gasteiger partial charge in [0.2, 0.25) is 0 Å². The van der Waals surface area contributed by atoms with Crippen LogP contribution in [0.2, 0.25) is 0 Å². The number of likely N-dealkylation sites (tertiary alicyclic amines) is 1. The number of nitrogens with one attached hydrogen (secondary N) is 1. The Hall–Kier alpha value is -0.860. The zero-order chi connectivity index (χ0) is 11.2. The summed E-state index contributed by atoms with van der Waals surface area (Å²) in [5.74, 6) is 0. The molecule has 0 saturated carbocycles. The Bertz CT molecular complexity index is 299. The van der Waals surface area contributed by atoms with Crippen LogP contribution in [0.1, 0.15) is 24.0 Å². The summed E-state index contributed by atoms with van der Waals surface area (Å²) < 4.78 is 0. The van der Waals surface area contributed by atoms with Crippen molar-refractivity contribution in [3.8, 4) is 0 Å². The van der Waals surface area contributed by atoms with Crippen molar-refractivity contribution in [2.24, 2.45) is 0 Å². The fourth-order valence-corrected chi connectivity index (χ4v) is 2.24. The van der Waals surface area contributed by atoms with Gasteiger partial charge in [0.1, 0.15) is 0 Å². The molecule has 1 aliphatic rings. The van der Waals surface area contributed by atoms with Crippen LogP contribution in [0.15, 0.2) is 24.3 Å². The molecule has 0 bridgehead atoms. The standard InChI is InChI=1S/C14H21N2/c1-15-9-8-13-4-6-14(7-5-13)12-16-10-2-3-11-16/h4-7,15H,1-3,8-12H2. The molecule has 87 valence electrons. The largest absolute Gasteiger partial charge is 0.334 e. The quantitative estimate of drug-likeness (QED) is 0.728. The summed E-state index contributed by atoms with van der Waals surface area (Å²) in [6.45, 7) is 4.61.